The molecule has 0 spiro atoms. The Morgan fingerprint density at radius 1 is 1.36 bits per heavy atom. The van der Waals surface area contributed by atoms with E-state index in [4.69, 9.17) is 16.3 Å². The fraction of sp³-hybridized carbons (Fsp3) is 0.125. The van der Waals surface area contributed by atoms with Gasteiger partial charge in [0.05, 0.1) is 4.47 Å². The quantitative estimate of drug-likeness (QED) is 0.557. The van der Waals surface area contributed by atoms with Crippen molar-refractivity contribution in [3.63, 3.8) is 0 Å². The van der Waals surface area contributed by atoms with Crippen molar-refractivity contribution in [2.24, 2.45) is 0 Å². The van der Waals surface area contributed by atoms with Gasteiger partial charge in [-0.05, 0) is 55.6 Å². The van der Waals surface area contributed by atoms with E-state index >= 15 is 0 Å². The van der Waals surface area contributed by atoms with Gasteiger partial charge in [-0.3, -0.25) is 4.79 Å². The second-order valence-corrected chi connectivity index (χ2v) is 5.33. The highest BCUT2D eigenvalue weighted by Gasteiger charge is 2.08. The second kappa shape index (κ2) is 5.49. The van der Waals surface area contributed by atoms with Gasteiger partial charge < -0.3 is 4.74 Å². The predicted molar refractivity (Wildman–Crippen MR) is 65.9 cm³/mol. The molecule has 0 fully saturated rings. The molecule has 0 unspecified atom stereocenters. The lowest BCUT2D eigenvalue weighted by Crippen LogP contribution is -2.04. The standard InChI is InChI=1S/C8H4Br3ClO2/c9-4-1-5(10)8(11)6(2-4)14-3-7(12)13/h1-2H,3H2. The van der Waals surface area contributed by atoms with Gasteiger partial charge in [-0.25, -0.2) is 0 Å². The molecule has 0 bridgehead atoms. The fourth-order valence-electron chi connectivity index (χ4n) is 0.772. The van der Waals surface area contributed by atoms with Gasteiger partial charge in [0.2, 0.25) is 0 Å². The van der Waals surface area contributed by atoms with Crippen molar-refractivity contribution in [1.82, 2.24) is 0 Å². The molecule has 0 amide bonds. The first-order valence-electron chi connectivity index (χ1n) is 3.46. The summed E-state index contributed by atoms with van der Waals surface area (Å²) in [7, 11) is 0. The van der Waals surface area contributed by atoms with Crippen LogP contribution in [0.4, 0.5) is 0 Å². The number of benzene rings is 1. The lowest BCUT2D eigenvalue weighted by atomic mass is 10.3. The fourth-order valence-corrected chi connectivity index (χ4v) is 2.36. The summed E-state index contributed by atoms with van der Waals surface area (Å²) in [5.41, 5.74) is 0. The van der Waals surface area contributed by atoms with Gasteiger partial charge in [0.25, 0.3) is 5.24 Å². The summed E-state index contributed by atoms with van der Waals surface area (Å²) in [6.45, 7) is -0.150. The van der Waals surface area contributed by atoms with Gasteiger partial charge in [0, 0.05) is 8.95 Å². The van der Waals surface area contributed by atoms with E-state index in [1.807, 2.05) is 6.07 Å². The highest BCUT2D eigenvalue weighted by molar-refractivity contribution is 9.13. The van der Waals surface area contributed by atoms with Gasteiger partial charge >= 0.3 is 0 Å². The number of halogens is 4. The minimum Gasteiger partial charge on any atom is -0.483 e. The highest BCUT2D eigenvalue weighted by Crippen LogP contribution is 2.35. The highest BCUT2D eigenvalue weighted by atomic mass is 79.9. The van der Waals surface area contributed by atoms with Gasteiger partial charge in [0.15, 0.2) is 6.61 Å². The Balaban J connectivity index is 2.90. The van der Waals surface area contributed by atoms with Crippen molar-refractivity contribution in [3.05, 3.63) is 25.6 Å². The van der Waals surface area contributed by atoms with Crippen LogP contribution in [0.25, 0.3) is 0 Å². The zero-order valence-electron chi connectivity index (χ0n) is 6.69. The van der Waals surface area contributed by atoms with Crippen molar-refractivity contribution in [2.75, 3.05) is 6.61 Å². The first-order valence-corrected chi connectivity index (χ1v) is 6.22. The molecule has 0 aliphatic rings. The topological polar surface area (TPSA) is 26.3 Å². The summed E-state index contributed by atoms with van der Waals surface area (Å²) >= 11 is 15.1. The van der Waals surface area contributed by atoms with E-state index < -0.39 is 5.24 Å². The molecule has 0 aliphatic carbocycles. The van der Waals surface area contributed by atoms with Crippen LogP contribution >= 0.6 is 59.4 Å². The van der Waals surface area contributed by atoms with E-state index in [2.05, 4.69) is 47.8 Å². The predicted octanol–water partition coefficient (Wildman–Crippen LogP) is 4.12. The maximum Gasteiger partial charge on any atom is 0.259 e. The number of hydrogen-bond acceptors (Lipinski definition) is 2. The van der Waals surface area contributed by atoms with E-state index in [0.29, 0.717) is 5.75 Å². The summed E-state index contributed by atoms with van der Waals surface area (Å²) in [5, 5.41) is -0.534. The molecular weight excluding hydrogens is 403 g/mol. The molecule has 1 aromatic rings. The lowest BCUT2D eigenvalue weighted by molar-refractivity contribution is -0.113. The Hall–Kier alpha value is 0.420. The third-order valence-corrected chi connectivity index (χ3v) is 3.84. The first kappa shape index (κ1) is 12.5. The second-order valence-electron chi connectivity index (χ2n) is 2.34. The van der Waals surface area contributed by atoms with Gasteiger partial charge in [0.1, 0.15) is 5.75 Å². The van der Waals surface area contributed by atoms with Crippen LogP contribution in [-0.2, 0) is 4.79 Å². The summed E-state index contributed by atoms with van der Waals surface area (Å²) < 4.78 is 7.61. The molecule has 0 saturated carbocycles. The van der Waals surface area contributed by atoms with Crippen LogP contribution in [0.15, 0.2) is 25.6 Å². The molecule has 0 aliphatic heterocycles. The molecule has 1 aromatic carbocycles. The molecule has 76 valence electrons. The average Bonchev–Trinajstić information content (AvgIpc) is 2.08. The molecular formula is C8H4Br3ClO2. The molecule has 2 nitrogen and oxygen atoms in total. The van der Waals surface area contributed by atoms with Crippen LogP contribution in [0.2, 0.25) is 0 Å². The van der Waals surface area contributed by atoms with Crippen LogP contribution in [0.3, 0.4) is 0 Å². The Bertz CT molecular complexity index is 368. The van der Waals surface area contributed by atoms with Gasteiger partial charge in [-0.15, -0.1) is 0 Å². The maximum atomic E-state index is 10.5. The number of carbonyl (C=O) groups excluding carboxylic acids is 1. The van der Waals surface area contributed by atoms with Crippen LogP contribution in [0, 0.1) is 0 Å². The molecule has 0 atom stereocenters. The Morgan fingerprint density at radius 3 is 2.57 bits per heavy atom. The normalized spacial score (nSPS) is 10.0. The average molecular weight is 407 g/mol. The molecule has 0 aromatic heterocycles. The molecule has 0 saturated heterocycles. The summed E-state index contributed by atoms with van der Waals surface area (Å²) in [5.74, 6) is 0.556. The summed E-state index contributed by atoms with van der Waals surface area (Å²) in [4.78, 5) is 10.5. The summed E-state index contributed by atoms with van der Waals surface area (Å²) in [6, 6.07) is 3.61. The van der Waals surface area contributed by atoms with E-state index in [-0.39, 0.29) is 6.61 Å². The molecule has 0 radical (unpaired) electrons. The Labute approximate surface area is 111 Å². The Kier molecular flexibility index (Phi) is 4.90. The number of carbonyl (C=O) groups is 1. The lowest BCUT2D eigenvalue weighted by Gasteiger charge is -2.07. The van der Waals surface area contributed by atoms with E-state index in [1.54, 1.807) is 6.07 Å². The van der Waals surface area contributed by atoms with Gasteiger partial charge in [-0.1, -0.05) is 15.9 Å². The Morgan fingerprint density at radius 2 is 2.00 bits per heavy atom. The van der Waals surface area contributed by atoms with E-state index in [1.165, 1.54) is 0 Å². The third kappa shape index (κ3) is 3.53. The maximum absolute atomic E-state index is 10.5. The molecule has 14 heavy (non-hydrogen) atoms. The van der Waals surface area contributed by atoms with Crippen molar-refractivity contribution < 1.29 is 9.53 Å². The van der Waals surface area contributed by atoms with Crippen molar-refractivity contribution >= 4 is 64.6 Å². The molecule has 6 heteroatoms. The molecule has 1 rings (SSSR count). The zero-order chi connectivity index (χ0) is 10.7. The monoisotopic (exact) mass is 404 g/mol. The first-order chi connectivity index (χ1) is 6.50. The van der Waals surface area contributed by atoms with Crippen LogP contribution < -0.4 is 4.74 Å². The van der Waals surface area contributed by atoms with Crippen molar-refractivity contribution in [2.45, 2.75) is 0 Å². The number of ether oxygens (including phenoxy) is 1. The minimum absolute atomic E-state index is 0.150. The van der Waals surface area contributed by atoms with Crippen LogP contribution in [-0.4, -0.2) is 11.8 Å². The van der Waals surface area contributed by atoms with E-state index in [9.17, 15) is 4.79 Å². The minimum atomic E-state index is -0.534. The number of rotatable bonds is 3. The van der Waals surface area contributed by atoms with Crippen molar-refractivity contribution in [3.8, 4) is 5.75 Å². The smallest absolute Gasteiger partial charge is 0.259 e. The van der Waals surface area contributed by atoms with Crippen LogP contribution in [0.1, 0.15) is 0 Å². The summed E-state index contributed by atoms with van der Waals surface area (Å²) in [6.07, 6.45) is 0. The van der Waals surface area contributed by atoms with Crippen LogP contribution in [0.5, 0.6) is 5.75 Å². The SMILES string of the molecule is O=C(Cl)COc1cc(Br)cc(Br)c1Br. The largest absolute Gasteiger partial charge is 0.483 e. The number of hydrogen-bond donors (Lipinski definition) is 0. The molecule has 0 N–H and O–H groups in total. The zero-order valence-corrected chi connectivity index (χ0v) is 12.2. The third-order valence-electron chi connectivity index (χ3n) is 1.30. The van der Waals surface area contributed by atoms with Crippen molar-refractivity contribution in [1.29, 1.82) is 0 Å². The molecule has 0 heterocycles. The van der Waals surface area contributed by atoms with Gasteiger partial charge in [-0.2, -0.15) is 0 Å². The van der Waals surface area contributed by atoms with E-state index in [0.717, 1.165) is 13.4 Å².